The molecule has 1 aromatic carbocycles. The van der Waals surface area contributed by atoms with Crippen LogP contribution < -0.4 is 16.4 Å². The smallest absolute Gasteiger partial charge is 0.320 e. The standard InChI is InChI=1S/C15H15FN6O/c1-8(9-5-3-2-4-6-9)19-15(23)20-14-11(16)12-10(7-18-14)13(17)22-21-12/h2-8H,1H3,(H3,17,21,22)(H2,18,19,20,23)/t8-/m1/s1. The number of aromatic amines is 1. The Bertz CT molecular complexity index is 848. The first-order valence-electron chi connectivity index (χ1n) is 6.96. The summed E-state index contributed by atoms with van der Waals surface area (Å²) in [6.07, 6.45) is 1.35. The van der Waals surface area contributed by atoms with Crippen molar-refractivity contribution in [2.45, 2.75) is 13.0 Å². The monoisotopic (exact) mass is 314 g/mol. The van der Waals surface area contributed by atoms with Crippen molar-refractivity contribution in [3.63, 3.8) is 0 Å². The van der Waals surface area contributed by atoms with E-state index in [0.717, 1.165) is 5.56 Å². The highest BCUT2D eigenvalue weighted by Gasteiger charge is 2.16. The molecule has 0 spiro atoms. The SMILES string of the molecule is C[C@@H](NC(=O)Nc1ncc2c(N)n[nH]c2c1F)c1ccccc1. The molecule has 118 valence electrons. The summed E-state index contributed by atoms with van der Waals surface area (Å²) in [5.41, 5.74) is 6.62. The Morgan fingerprint density at radius 1 is 1.35 bits per heavy atom. The van der Waals surface area contributed by atoms with E-state index in [4.69, 9.17) is 5.73 Å². The number of carbonyl (C=O) groups is 1. The van der Waals surface area contributed by atoms with Crippen LogP contribution in [0, 0.1) is 5.82 Å². The number of aromatic nitrogens is 3. The number of nitrogens with zero attached hydrogens (tertiary/aromatic N) is 2. The molecule has 0 aliphatic heterocycles. The maximum atomic E-state index is 14.3. The molecule has 3 rings (SSSR count). The van der Waals surface area contributed by atoms with Crippen LogP contribution in [0.25, 0.3) is 10.9 Å². The predicted molar refractivity (Wildman–Crippen MR) is 85.3 cm³/mol. The molecule has 0 saturated carbocycles. The average Bonchev–Trinajstić information content (AvgIpc) is 2.93. The zero-order valence-corrected chi connectivity index (χ0v) is 12.3. The maximum Gasteiger partial charge on any atom is 0.320 e. The average molecular weight is 314 g/mol. The van der Waals surface area contributed by atoms with Gasteiger partial charge < -0.3 is 11.1 Å². The molecule has 2 amide bonds. The van der Waals surface area contributed by atoms with E-state index in [9.17, 15) is 9.18 Å². The number of H-pyrrole nitrogens is 1. The van der Waals surface area contributed by atoms with E-state index in [1.54, 1.807) is 0 Å². The first-order valence-corrected chi connectivity index (χ1v) is 6.96. The van der Waals surface area contributed by atoms with Crippen molar-refractivity contribution in [2.24, 2.45) is 0 Å². The van der Waals surface area contributed by atoms with Gasteiger partial charge in [-0.1, -0.05) is 30.3 Å². The first-order chi connectivity index (χ1) is 11.1. The minimum absolute atomic E-state index is 0.101. The van der Waals surface area contributed by atoms with Crippen molar-refractivity contribution in [1.29, 1.82) is 0 Å². The maximum absolute atomic E-state index is 14.3. The largest absolute Gasteiger partial charge is 0.382 e. The molecule has 0 radical (unpaired) electrons. The third-order valence-electron chi connectivity index (χ3n) is 3.46. The van der Waals surface area contributed by atoms with Crippen molar-refractivity contribution in [3.05, 3.63) is 47.9 Å². The fourth-order valence-corrected chi connectivity index (χ4v) is 2.22. The molecule has 3 aromatic rings. The van der Waals surface area contributed by atoms with Crippen LogP contribution in [0.15, 0.2) is 36.5 Å². The Kier molecular flexibility index (Phi) is 3.80. The summed E-state index contributed by atoms with van der Waals surface area (Å²) in [4.78, 5) is 15.9. The molecule has 0 bridgehead atoms. The predicted octanol–water partition coefficient (Wildman–Crippen LogP) is 2.56. The van der Waals surface area contributed by atoms with Gasteiger partial charge in [-0.25, -0.2) is 14.2 Å². The van der Waals surface area contributed by atoms with E-state index in [1.807, 2.05) is 37.3 Å². The summed E-state index contributed by atoms with van der Waals surface area (Å²) < 4.78 is 14.3. The highest BCUT2D eigenvalue weighted by atomic mass is 19.1. The van der Waals surface area contributed by atoms with Crippen LogP contribution in [-0.2, 0) is 0 Å². The molecule has 1 atom stereocenters. The van der Waals surface area contributed by atoms with Gasteiger partial charge in [-0.05, 0) is 12.5 Å². The number of urea groups is 1. The van der Waals surface area contributed by atoms with Gasteiger partial charge in [-0.2, -0.15) is 5.10 Å². The molecular weight excluding hydrogens is 299 g/mol. The van der Waals surface area contributed by atoms with Gasteiger partial charge in [0.25, 0.3) is 0 Å². The van der Waals surface area contributed by atoms with Gasteiger partial charge in [0.1, 0.15) is 5.52 Å². The van der Waals surface area contributed by atoms with Gasteiger partial charge in [-0.15, -0.1) is 0 Å². The highest BCUT2D eigenvalue weighted by Crippen LogP contribution is 2.23. The van der Waals surface area contributed by atoms with E-state index in [2.05, 4.69) is 25.8 Å². The van der Waals surface area contributed by atoms with Crippen LogP contribution in [-0.4, -0.2) is 21.2 Å². The van der Waals surface area contributed by atoms with Crippen LogP contribution in [0.3, 0.4) is 0 Å². The van der Waals surface area contributed by atoms with Gasteiger partial charge in [-0.3, -0.25) is 10.4 Å². The molecule has 0 aliphatic carbocycles. The molecule has 2 heterocycles. The topological polar surface area (TPSA) is 109 Å². The Labute approximate surface area is 131 Å². The van der Waals surface area contributed by atoms with Crippen molar-refractivity contribution in [1.82, 2.24) is 20.5 Å². The van der Waals surface area contributed by atoms with Crippen LogP contribution >= 0.6 is 0 Å². The summed E-state index contributed by atoms with van der Waals surface area (Å²) in [7, 11) is 0. The van der Waals surface area contributed by atoms with E-state index >= 15 is 0 Å². The number of rotatable bonds is 3. The molecule has 23 heavy (non-hydrogen) atoms. The van der Waals surface area contributed by atoms with Gasteiger partial charge >= 0.3 is 6.03 Å². The number of hydrogen-bond donors (Lipinski definition) is 4. The highest BCUT2D eigenvalue weighted by molar-refractivity contribution is 5.94. The molecule has 0 unspecified atom stereocenters. The van der Waals surface area contributed by atoms with Crippen molar-refractivity contribution < 1.29 is 9.18 Å². The fourth-order valence-electron chi connectivity index (χ4n) is 2.22. The Balaban J connectivity index is 1.74. The number of anilines is 2. The fraction of sp³-hybridized carbons (Fsp3) is 0.133. The lowest BCUT2D eigenvalue weighted by atomic mass is 10.1. The first kappa shape index (κ1) is 14.8. The number of nitrogen functional groups attached to an aromatic ring is 1. The Morgan fingerprint density at radius 3 is 2.83 bits per heavy atom. The second-order valence-corrected chi connectivity index (χ2v) is 5.05. The summed E-state index contributed by atoms with van der Waals surface area (Å²) >= 11 is 0. The lowest BCUT2D eigenvalue weighted by molar-refractivity contribution is 0.249. The lowest BCUT2D eigenvalue weighted by Crippen LogP contribution is -2.31. The number of carbonyl (C=O) groups excluding carboxylic acids is 1. The molecule has 7 nitrogen and oxygen atoms in total. The van der Waals surface area contributed by atoms with Gasteiger partial charge in [0.05, 0.1) is 11.4 Å². The summed E-state index contributed by atoms with van der Waals surface area (Å²) in [5.74, 6) is -0.756. The molecule has 0 fully saturated rings. The van der Waals surface area contributed by atoms with E-state index in [-0.39, 0.29) is 23.2 Å². The summed E-state index contributed by atoms with van der Waals surface area (Å²) in [5, 5.41) is 11.7. The molecule has 0 saturated heterocycles. The quantitative estimate of drug-likeness (QED) is 0.595. The molecule has 0 aliphatic rings. The zero-order valence-electron chi connectivity index (χ0n) is 12.3. The number of pyridine rings is 1. The second-order valence-electron chi connectivity index (χ2n) is 5.05. The minimum Gasteiger partial charge on any atom is -0.382 e. The normalized spacial score (nSPS) is 12.1. The minimum atomic E-state index is -0.714. The Hall–Kier alpha value is -3.16. The Morgan fingerprint density at radius 2 is 2.09 bits per heavy atom. The van der Waals surface area contributed by atoms with Gasteiger partial charge in [0.2, 0.25) is 0 Å². The van der Waals surface area contributed by atoms with E-state index < -0.39 is 11.8 Å². The third-order valence-corrected chi connectivity index (χ3v) is 3.46. The van der Waals surface area contributed by atoms with Crippen LogP contribution in [0.1, 0.15) is 18.5 Å². The number of hydrogen-bond acceptors (Lipinski definition) is 4. The number of halogens is 1. The van der Waals surface area contributed by atoms with Crippen molar-refractivity contribution in [3.8, 4) is 0 Å². The molecular formula is C15H15FN6O. The van der Waals surface area contributed by atoms with Crippen LogP contribution in [0.4, 0.5) is 20.8 Å². The van der Waals surface area contributed by atoms with E-state index in [1.165, 1.54) is 6.20 Å². The number of fused-ring (bicyclic) bond motifs is 1. The zero-order chi connectivity index (χ0) is 16.4. The van der Waals surface area contributed by atoms with Gasteiger partial charge in [0, 0.05) is 6.20 Å². The number of amides is 2. The molecule has 2 aromatic heterocycles. The summed E-state index contributed by atoms with van der Waals surface area (Å²) in [6, 6.07) is 8.64. The van der Waals surface area contributed by atoms with E-state index in [0.29, 0.717) is 5.39 Å². The van der Waals surface area contributed by atoms with Crippen LogP contribution in [0.2, 0.25) is 0 Å². The second kappa shape index (κ2) is 5.91. The third kappa shape index (κ3) is 2.91. The number of nitrogens with one attached hydrogen (secondary N) is 3. The summed E-state index contributed by atoms with van der Waals surface area (Å²) in [6.45, 7) is 1.83. The van der Waals surface area contributed by atoms with Gasteiger partial charge in [0.15, 0.2) is 17.5 Å². The van der Waals surface area contributed by atoms with Crippen molar-refractivity contribution in [2.75, 3.05) is 11.1 Å². The molecule has 5 N–H and O–H groups in total. The lowest BCUT2D eigenvalue weighted by Gasteiger charge is -2.15. The van der Waals surface area contributed by atoms with Crippen LogP contribution in [0.5, 0.6) is 0 Å². The molecule has 8 heteroatoms. The number of nitrogens with two attached hydrogens (primary N) is 1. The number of benzene rings is 1. The van der Waals surface area contributed by atoms with Crippen molar-refractivity contribution >= 4 is 28.6 Å².